The van der Waals surface area contributed by atoms with Gasteiger partial charge in [0, 0.05) is 0 Å². The molecule has 0 amide bonds. The molecule has 4 heavy (non-hydrogen) atoms. The zero-order valence-corrected chi connectivity index (χ0v) is 7.58. The zero-order valence-electron chi connectivity index (χ0n) is 1.80. The summed E-state index contributed by atoms with van der Waals surface area (Å²) in [6.45, 7) is 0. The molecule has 0 atom stereocenters. The third-order valence-corrected chi connectivity index (χ3v) is 0. The van der Waals surface area contributed by atoms with Crippen LogP contribution in [0, 0.1) is 0 Å². The molecule has 0 heterocycles. The molecular formula is CH2STe2. The minimum absolute atomic E-state index is 1.17. The summed E-state index contributed by atoms with van der Waals surface area (Å²) in [5.74, 6) is 0. The predicted octanol–water partition coefficient (Wildman–Crippen LogP) is -0.927. The number of rotatable bonds is 0. The number of thiol groups is 1. The van der Waals surface area contributed by atoms with E-state index in [4.69, 9.17) is 0 Å². The van der Waals surface area contributed by atoms with Gasteiger partial charge >= 0.3 is 57.7 Å². The van der Waals surface area contributed by atoms with E-state index in [9.17, 15) is 0 Å². The van der Waals surface area contributed by atoms with E-state index in [1.807, 2.05) is 21.8 Å². The van der Waals surface area contributed by atoms with Crippen LogP contribution in [0.25, 0.3) is 0 Å². The molecule has 0 N–H and O–H groups in total. The Kier molecular flexibility index (Phi) is 4.36. The zero-order chi connectivity index (χ0) is 3.58. The molecule has 0 unspecified atom stereocenters. The SMILES string of the molecule is SC(=[Te])[TeH]. The molecule has 24 valence electrons. The Bertz CT molecular complexity index is 29.0. The molecule has 0 fully saturated rings. The van der Waals surface area contributed by atoms with Crippen LogP contribution in [0.5, 0.6) is 0 Å². The van der Waals surface area contributed by atoms with Crippen molar-refractivity contribution in [3.8, 4) is 0 Å². The summed E-state index contributed by atoms with van der Waals surface area (Å²) in [4.78, 5) is 0. The summed E-state index contributed by atoms with van der Waals surface area (Å²) in [5.41, 5.74) is 0. The predicted molar refractivity (Wildman–Crippen MR) is 26.9 cm³/mol. The van der Waals surface area contributed by atoms with Gasteiger partial charge in [-0.3, -0.25) is 0 Å². The Hall–Kier alpha value is 1.80. The van der Waals surface area contributed by atoms with Gasteiger partial charge in [-0.15, -0.1) is 0 Å². The first-order valence-corrected chi connectivity index (χ1v) is 3.54. The average Bonchev–Trinajstić information content (AvgIpc) is 0.811. The van der Waals surface area contributed by atoms with Crippen molar-refractivity contribution >= 4 is 57.7 Å². The molecule has 0 nitrogen and oxygen atoms in total. The maximum atomic E-state index is 3.91. The molecule has 3 heteroatoms. The Morgan fingerprint density at radius 3 is 2.00 bits per heavy atom. The molecule has 0 saturated heterocycles. The van der Waals surface area contributed by atoms with Crippen LogP contribution in [0.3, 0.4) is 0 Å². The molecule has 0 aliphatic carbocycles. The molecule has 0 aliphatic rings. The van der Waals surface area contributed by atoms with Gasteiger partial charge in [0.15, 0.2) is 0 Å². The quantitative estimate of drug-likeness (QED) is 0.434. The summed E-state index contributed by atoms with van der Waals surface area (Å²) < 4.78 is 1.17. The monoisotopic (exact) mass is 306 g/mol. The molecule has 0 spiro atoms. The Labute approximate surface area is 57.1 Å². The summed E-state index contributed by atoms with van der Waals surface area (Å²) in [6.07, 6.45) is 0. The fourth-order valence-electron chi connectivity index (χ4n) is 0. The fourth-order valence-corrected chi connectivity index (χ4v) is 0. The third-order valence-electron chi connectivity index (χ3n) is 0. The summed E-state index contributed by atoms with van der Waals surface area (Å²) >= 11 is 7.48. The maximum absolute atomic E-state index is 3.91. The van der Waals surface area contributed by atoms with Crippen molar-refractivity contribution in [1.82, 2.24) is 0 Å². The van der Waals surface area contributed by atoms with Crippen LogP contribution in [0.1, 0.15) is 0 Å². The van der Waals surface area contributed by atoms with E-state index in [0.29, 0.717) is 0 Å². The summed E-state index contributed by atoms with van der Waals surface area (Å²) in [7, 11) is 0. The molecule has 0 rings (SSSR count). The van der Waals surface area contributed by atoms with Crippen LogP contribution in [0.2, 0.25) is 0 Å². The second-order valence-electron chi connectivity index (χ2n) is 0.283. The normalized spacial score (nSPS) is 6.50. The first-order valence-electron chi connectivity index (χ1n) is 0.651. The summed E-state index contributed by atoms with van der Waals surface area (Å²) in [6, 6.07) is 0. The minimum atomic E-state index is 1.17. The van der Waals surface area contributed by atoms with Crippen LogP contribution in [0.15, 0.2) is 0 Å². The first-order chi connectivity index (χ1) is 1.73. The van der Waals surface area contributed by atoms with Gasteiger partial charge < -0.3 is 0 Å². The fraction of sp³-hybridized carbons (Fsp3) is 0. The van der Waals surface area contributed by atoms with Gasteiger partial charge in [-0.05, 0) is 0 Å². The molecule has 0 aliphatic heterocycles. The summed E-state index contributed by atoms with van der Waals surface area (Å²) in [5, 5.41) is 0. The molecule has 0 aromatic rings. The van der Waals surface area contributed by atoms with E-state index in [1.54, 1.807) is 22.3 Å². The van der Waals surface area contributed by atoms with Crippen molar-refractivity contribution in [3.63, 3.8) is 0 Å². The third kappa shape index (κ3) is 9.20. The molecule has 0 bridgehead atoms. The molecule has 0 radical (unpaired) electrons. The molecule has 0 saturated carbocycles. The van der Waals surface area contributed by atoms with Gasteiger partial charge in [-0.25, -0.2) is 0 Å². The van der Waals surface area contributed by atoms with Crippen molar-refractivity contribution in [1.29, 1.82) is 0 Å². The van der Waals surface area contributed by atoms with Gasteiger partial charge in [0.25, 0.3) is 0 Å². The Balaban J connectivity index is 2.80. The van der Waals surface area contributed by atoms with Gasteiger partial charge in [-0.1, -0.05) is 0 Å². The van der Waals surface area contributed by atoms with E-state index in [0.717, 1.165) is 0 Å². The second kappa shape index (κ2) is 3.01. The Morgan fingerprint density at radius 2 is 2.00 bits per heavy atom. The molecule has 0 aromatic heterocycles. The van der Waals surface area contributed by atoms with Crippen molar-refractivity contribution in [3.05, 3.63) is 0 Å². The second-order valence-corrected chi connectivity index (χ2v) is 7.96. The van der Waals surface area contributed by atoms with Crippen LogP contribution in [-0.4, -0.2) is 45.0 Å². The van der Waals surface area contributed by atoms with Crippen LogP contribution in [-0.2, 0) is 0 Å². The van der Waals surface area contributed by atoms with Crippen LogP contribution in [0.4, 0.5) is 0 Å². The topological polar surface area (TPSA) is 0 Å². The van der Waals surface area contributed by atoms with E-state index in [1.165, 1.54) is 0.931 Å². The number of hydrogen-bond acceptors (Lipinski definition) is 1. The molecular weight excluding hydrogens is 299 g/mol. The van der Waals surface area contributed by atoms with Crippen LogP contribution >= 0.6 is 12.6 Å². The van der Waals surface area contributed by atoms with E-state index < -0.39 is 0 Å². The first kappa shape index (κ1) is 5.80. The van der Waals surface area contributed by atoms with Crippen molar-refractivity contribution < 1.29 is 0 Å². The number of hydrogen-bond donors (Lipinski definition) is 1. The van der Waals surface area contributed by atoms with E-state index in [2.05, 4.69) is 12.6 Å². The van der Waals surface area contributed by atoms with Crippen molar-refractivity contribution in [2.24, 2.45) is 0 Å². The Morgan fingerprint density at radius 1 is 2.00 bits per heavy atom. The van der Waals surface area contributed by atoms with Crippen molar-refractivity contribution in [2.75, 3.05) is 0 Å². The van der Waals surface area contributed by atoms with Crippen molar-refractivity contribution in [2.45, 2.75) is 0 Å². The average molecular weight is 301 g/mol. The van der Waals surface area contributed by atoms with Gasteiger partial charge in [0.05, 0.1) is 0 Å². The van der Waals surface area contributed by atoms with E-state index in [-0.39, 0.29) is 0 Å². The molecule has 0 aromatic carbocycles. The van der Waals surface area contributed by atoms with E-state index >= 15 is 0 Å². The van der Waals surface area contributed by atoms with Gasteiger partial charge in [0.2, 0.25) is 0 Å². The van der Waals surface area contributed by atoms with Gasteiger partial charge in [0.1, 0.15) is 0 Å². The van der Waals surface area contributed by atoms with Gasteiger partial charge in [-0.2, -0.15) is 0 Å². The van der Waals surface area contributed by atoms with Crippen LogP contribution < -0.4 is 0 Å². The standard InChI is InChI=1S/CH2STe2/c2-1(3)4/h(H2,2,3,4).